The van der Waals surface area contributed by atoms with Gasteiger partial charge in [0.05, 0.1) is 17.0 Å². The lowest BCUT2D eigenvalue weighted by Crippen LogP contribution is -2.14. The zero-order valence-corrected chi connectivity index (χ0v) is 11.8. The number of thiophene rings is 1. The molecule has 2 aromatic rings. The number of carbonyl (C=O) groups is 1. The molecule has 0 radical (unpaired) electrons. The maximum absolute atomic E-state index is 13.0. The minimum absolute atomic E-state index is 0.0535. The second-order valence-corrected chi connectivity index (χ2v) is 5.45. The molecule has 0 saturated carbocycles. The van der Waals surface area contributed by atoms with Crippen LogP contribution in [0.3, 0.4) is 0 Å². The number of hydrogen-bond acceptors (Lipinski definition) is 4. The highest BCUT2D eigenvalue weighted by Gasteiger charge is 2.26. The molecule has 0 bridgehead atoms. The van der Waals surface area contributed by atoms with Crippen molar-refractivity contribution < 1.29 is 9.18 Å². The number of ketones is 1. The number of halogens is 1. The van der Waals surface area contributed by atoms with E-state index in [-0.39, 0.29) is 12.2 Å². The van der Waals surface area contributed by atoms with E-state index >= 15 is 0 Å². The molecule has 0 saturated heterocycles. The van der Waals surface area contributed by atoms with Crippen molar-refractivity contribution in [1.82, 2.24) is 0 Å². The van der Waals surface area contributed by atoms with Gasteiger partial charge in [-0.05, 0) is 29.1 Å². The highest BCUT2D eigenvalue weighted by molar-refractivity contribution is 7.12. The van der Waals surface area contributed by atoms with E-state index in [1.54, 1.807) is 17.5 Å². The van der Waals surface area contributed by atoms with Crippen molar-refractivity contribution in [2.45, 2.75) is 12.3 Å². The van der Waals surface area contributed by atoms with E-state index in [2.05, 4.69) is 0 Å². The Balaban J connectivity index is 2.29. The van der Waals surface area contributed by atoms with E-state index < -0.39 is 17.7 Å². The van der Waals surface area contributed by atoms with Crippen LogP contribution in [0.5, 0.6) is 0 Å². The first kappa shape index (κ1) is 14.9. The lowest BCUT2D eigenvalue weighted by atomic mass is 9.83. The van der Waals surface area contributed by atoms with Gasteiger partial charge in [-0.15, -0.1) is 11.3 Å². The third-order valence-corrected chi connectivity index (χ3v) is 4.09. The molecule has 1 atom stereocenters. The van der Waals surface area contributed by atoms with Crippen LogP contribution < -0.4 is 0 Å². The van der Waals surface area contributed by atoms with Crippen molar-refractivity contribution in [1.29, 1.82) is 10.5 Å². The summed E-state index contributed by atoms with van der Waals surface area (Å²) in [5.74, 6) is -2.02. The summed E-state index contributed by atoms with van der Waals surface area (Å²) in [6, 6.07) is 12.9. The summed E-state index contributed by atoms with van der Waals surface area (Å²) < 4.78 is 13.0. The number of rotatable bonds is 5. The van der Waals surface area contributed by atoms with E-state index in [4.69, 9.17) is 10.5 Å². The quantitative estimate of drug-likeness (QED) is 0.786. The van der Waals surface area contributed by atoms with Gasteiger partial charge in [0.25, 0.3) is 0 Å². The van der Waals surface area contributed by atoms with Crippen molar-refractivity contribution in [2.24, 2.45) is 5.92 Å². The summed E-state index contributed by atoms with van der Waals surface area (Å²) in [6.07, 6.45) is 0.0535. The standard InChI is InChI=1S/C16H11FN2OS/c17-13-5-3-11(4-6-13)14(12(9-18)10-19)8-15(20)16-2-1-7-21-16/h1-7,12,14H,8H2/t14-/m0/s1. The van der Waals surface area contributed by atoms with Crippen LogP contribution in [-0.4, -0.2) is 5.78 Å². The molecule has 0 aliphatic heterocycles. The molecule has 0 fully saturated rings. The Morgan fingerprint density at radius 3 is 2.38 bits per heavy atom. The maximum atomic E-state index is 13.0. The number of nitrogens with zero attached hydrogens (tertiary/aromatic N) is 2. The minimum atomic E-state index is -0.945. The van der Waals surface area contributed by atoms with Gasteiger partial charge >= 0.3 is 0 Å². The second-order valence-electron chi connectivity index (χ2n) is 4.50. The van der Waals surface area contributed by atoms with Crippen LogP contribution >= 0.6 is 11.3 Å². The van der Waals surface area contributed by atoms with Crippen LogP contribution in [0.4, 0.5) is 4.39 Å². The fourth-order valence-corrected chi connectivity index (χ4v) is 2.76. The van der Waals surface area contributed by atoms with Crippen LogP contribution in [0.1, 0.15) is 27.6 Å². The summed E-state index contributed by atoms with van der Waals surface area (Å²) in [6.45, 7) is 0. The molecule has 0 spiro atoms. The van der Waals surface area contributed by atoms with Gasteiger partial charge in [-0.2, -0.15) is 10.5 Å². The molecule has 0 N–H and O–H groups in total. The summed E-state index contributed by atoms with van der Waals surface area (Å²) in [7, 11) is 0. The molecule has 2 rings (SSSR count). The zero-order valence-electron chi connectivity index (χ0n) is 11.0. The van der Waals surface area contributed by atoms with Crippen molar-refractivity contribution in [3.8, 4) is 12.1 Å². The second kappa shape index (κ2) is 6.78. The molecular formula is C16H11FN2OS. The van der Waals surface area contributed by atoms with E-state index in [1.165, 1.54) is 35.6 Å². The smallest absolute Gasteiger partial charge is 0.173 e. The number of hydrogen-bond donors (Lipinski definition) is 0. The minimum Gasteiger partial charge on any atom is -0.293 e. The van der Waals surface area contributed by atoms with Crippen molar-refractivity contribution in [3.05, 3.63) is 58.0 Å². The van der Waals surface area contributed by atoms with Crippen LogP contribution in [0, 0.1) is 34.4 Å². The largest absolute Gasteiger partial charge is 0.293 e. The monoisotopic (exact) mass is 298 g/mol. The Bertz CT molecular complexity index is 681. The molecule has 3 nitrogen and oxygen atoms in total. The van der Waals surface area contributed by atoms with E-state index in [9.17, 15) is 9.18 Å². The van der Waals surface area contributed by atoms with Crippen LogP contribution in [0.15, 0.2) is 41.8 Å². The molecule has 0 aliphatic rings. The third-order valence-electron chi connectivity index (χ3n) is 3.18. The first-order chi connectivity index (χ1) is 10.2. The Kier molecular flexibility index (Phi) is 4.81. The molecule has 21 heavy (non-hydrogen) atoms. The molecule has 5 heteroatoms. The molecule has 1 aromatic heterocycles. The number of carbonyl (C=O) groups excluding carboxylic acids is 1. The highest BCUT2D eigenvalue weighted by atomic mass is 32.1. The summed E-state index contributed by atoms with van der Waals surface area (Å²) in [5, 5.41) is 20.0. The van der Waals surface area contributed by atoms with E-state index in [0.29, 0.717) is 10.4 Å². The summed E-state index contributed by atoms with van der Waals surface area (Å²) >= 11 is 1.32. The van der Waals surface area contributed by atoms with Gasteiger partial charge in [-0.3, -0.25) is 4.79 Å². The average molecular weight is 298 g/mol. The van der Waals surface area contributed by atoms with Gasteiger partial charge in [0.15, 0.2) is 5.78 Å². The lowest BCUT2D eigenvalue weighted by Gasteiger charge is -2.16. The molecule has 0 aliphatic carbocycles. The summed E-state index contributed by atoms with van der Waals surface area (Å²) in [4.78, 5) is 12.8. The topological polar surface area (TPSA) is 64.7 Å². The summed E-state index contributed by atoms with van der Waals surface area (Å²) in [5.41, 5.74) is 0.620. The molecule has 1 aromatic carbocycles. The molecule has 104 valence electrons. The fraction of sp³-hybridized carbons (Fsp3) is 0.188. The highest BCUT2D eigenvalue weighted by Crippen LogP contribution is 2.30. The van der Waals surface area contributed by atoms with E-state index in [1.807, 2.05) is 12.1 Å². The van der Waals surface area contributed by atoms with Crippen molar-refractivity contribution >= 4 is 17.1 Å². The SMILES string of the molecule is N#CC(C#N)[C@@H](CC(=O)c1cccs1)c1ccc(F)cc1. The molecular weight excluding hydrogens is 287 g/mol. The number of Topliss-reactive ketones (excluding diaryl/α,β-unsaturated/α-hetero) is 1. The van der Waals surface area contributed by atoms with Crippen LogP contribution in [-0.2, 0) is 0 Å². The Morgan fingerprint density at radius 1 is 1.19 bits per heavy atom. The number of nitriles is 2. The Morgan fingerprint density at radius 2 is 1.86 bits per heavy atom. The van der Waals surface area contributed by atoms with Crippen LogP contribution in [0.2, 0.25) is 0 Å². The Labute approximate surface area is 125 Å². The maximum Gasteiger partial charge on any atom is 0.173 e. The van der Waals surface area contributed by atoms with Gasteiger partial charge < -0.3 is 0 Å². The van der Waals surface area contributed by atoms with Gasteiger partial charge in [-0.25, -0.2) is 4.39 Å². The van der Waals surface area contributed by atoms with Gasteiger partial charge in [-0.1, -0.05) is 18.2 Å². The average Bonchev–Trinajstić information content (AvgIpc) is 3.02. The van der Waals surface area contributed by atoms with Gasteiger partial charge in [0.1, 0.15) is 11.7 Å². The predicted octanol–water partition coefficient (Wildman–Crippen LogP) is 3.91. The van der Waals surface area contributed by atoms with E-state index in [0.717, 1.165) is 0 Å². The van der Waals surface area contributed by atoms with Crippen molar-refractivity contribution in [3.63, 3.8) is 0 Å². The first-order valence-corrected chi connectivity index (χ1v) is 7.15. The fourth-order valence-electron chi connectivity index (χ4n) is 2.08. The molecule has 0 amide bonds. The van der Waals surface area contributed by atoms with Crippen molar-refractivity contribution in [2.75, 3.05) is 0 Å². The normalized spacial score (nSPS) is 11.6. The lowest BCUT2D eigenvalue weighted by molar-refractivity contribution is 0.0975. The Hall–Kier alpha value is -2.50. The number of benzene rings is 1. The molecule has 0 unspecified atom stereocenters. The third kappa shape index (κ3) is 3.53. The van der Waals surface area contributed by atoms with Crippen LogP contribution in [0.25, 0.3) is 0 Å². The van der Waals surface area contributed by atoms with Gasteiger partial charge in [0.2, 0.25) is 0 Å². The first-order valence-electron chi connectivity index (χ1n) is 6.27. The van der Waals surface area contributed by atoms with Gasteiger partial charge in [0, 0.05) is 12.3 Å². The molecule has 1 heterocycles. The predicted molar refractivity (Wildman–Crippen MR) is 77.1 cm³/mol. The zero-order chi connectivity index (χ0) is 15.2.